The molecule has 0 spiro atoms. The van der Waals surface area contributed by atoms with Gasteiger partial charge < -0.3 is 20.8 Å². The molecule has 0 atom stereocenters. The van der Waals surface area contributed by atoms with Gasteiger partial charge in [-0.15, -0.1) is 0 Å². The van der Waals surface area contributed by atoms with E-state index in [-0.39, 0.29) is 30.0 Å². The van der Waals surface area contributed by atoms with Gasteiger partial charge in [0.05, 0.1) is 5.75 Å². The fourth-order valence-corrected chi connectivity index (χ4v) is 2.17. The highest BCUT2D eigenvalue weighted by molar-refractivity contribution is 7.90. The number of carbonyl (C=O) groups is 2. The molecule has 1 aromatic rings. The lowest BCUT2D eigenvalue weighted by molar-refractivity contribution is 0.0693. The van der Waals surface area contributed by atoms with Crippen LogP contribution in [0.5, 0.6) is 5.75 Å². The van der Waals surface area contributed by atoms with Crippen molar-refractivity contribution in [1.82, 2.24) is 5.32 Å². The summed E-state index contributed by atoms with van der Waals surface area (Å²) < 4.78 is 21.8. The lowest BCUT2D eigenvalue weighted by atomic mass is 10.2. The molecular weight excluding hydrogens is 300 g/mol. The monoisotopic (exact) mass is 316 g/mol. The van der Waals surface area contributed by atoms with Crippen LogP contribution in [0.15, 0.2) is 18.2 Å². The number of carboxylic acid groups (broad SMARTS) is 1. The fraction of sp³-hybridized carbons (Fsp3) is 0.333. The Kier molecular flexibility index (Phi) is 5.53. The molecule has 9 heteroatoms. The van der Waals surface area contributed by atoms with Gasteiger partial charge in [0.25, 0.3) is 0 Å². The first-order chi connectivity index (χ1) is 9.69. The number of carboxylic acids is 1. The summed E-state index contributed by atoms with van der Waals surface area (Å²) >= 11 is 0. The highest BCUT2D eigenvalue weighted by Gasteiger charge is 2.11. The van der Waals surface area contributed by atoms with E-state index in [1.165, 1.54) is 6.07 Å². The molecule has 0 unspecified atom stereocenters. The number of rotatable bonds is 6. The molecule has 0 saturated heterocycles. The van der Waals surface area contributed by atoms with Crippen LogP contribution in [0.3, 0.4) is 0 Å². The Morgan fingerprint density at radius 1 is 1.29 bits per heavy atom. The van der Waals surface area contributed by atoms with Crippen LogP contribution in [-0.2, 0) is 9.84 Å². The van der Waals surface area contributed by atoms with Gasteiger partial charge in [-0.2, -0.15) is 0 Å². The normalized spacial score (nSPS) is 10.9. The minimum absolute atomic E-state index is 0.0321. The molecule has 116 valence electrons. The van der Waals surface area contributed by atoms with Crippen molar-refractivity contribution in [3.63, 3.8) is 0 Å². The van der Waals surface area contributed by atoms with Crippen LogP contribution >= 0.6 is 0 Å². The van der Waals surface area contributed by atoms with Crippen LogP contribution in [0.2, 0.25) is 0 Å². The zero-order valence-corrected chi connectivity index (χ0v) is 12.1. The van der Waals surface area contributed by atoms with Crippen molar-refractivity contribution in [2.24, 2.45) is 0 Å². The van der Waals surface area contributed by atoms with E-state index in [9.17, 15) is 23.1 Å². The van der Waals surface area contributed by atoms with E-state index in [4.69, 9.17) is 5.11 Å². The largest absolute Gasteiger partial charge is 0.507 e. The van der Waals surface area contributed by atoms with Crippen LogP contribution in [-0.4, -0.2) is 49.2 Å². The zero-order chi connectivity index (χ0) is 16.0. The minimum Gasteiger partial charge on any atom is -0.507 e. The molecule has 0 aliphatic heterocycles. The first-order valence-corrected chi connectivity index (χ1v) is 8.04. The Morgan fingerprint density at radius 3 is 2.52 bits per heavy atom. The predicted octanol–water partition coefficient (Wildman–Crippen LogP) is 0.647. The Balaban J connectivity index is 2.52. The topological polar surface area (TPSA) is 133 Å². The summed E-state index contributed by atoms with van der Waals surface area (Å²) in [5, 5.41) is 23.0. The number of hydrogen-bond donors (Lipinski definition) is 4. The second-order valence-electron chi connectivity index (χ2n) is 4.40. The smallest absolute Gasteiger partial charge is 0.339 e. The molecular formula is C12H16N2O6S. The number of aromatic hydroxyl groups is 1. The van der Waals surface area contributed by atoms with Crippen molar-refractivity contribution in [2.75, 3.05) is 23.9 Å². The maximum absolute atomic E-state index is 11.5. The van der Waals surface area contributed by atoms with E-state index in [2.05, 4.69) is 10.6 Å². The average Bonchev–Trinajstić information content (AvgIpc) is 2.35. The fourth-order valence-electron chi connectivity index (χ4n) is 1.50. The van der Waals surface area contributed by atoms with Crippen LogP contribution < -0.4 is 10.6 Å². The van der Waals surface area contributed by atoms with Crippen molar-refractivity contribution in [2.45, 2.75) is 6.42 Å². The lowest BCUT2D eigenvalue weighted by Gasteiger charge is -2.08. The van der Waals surface area contributed by atoms with Gasteiger partial charge in [-0.05, 0) is 24.6 Å². The van der Waals surface area contributed by atoms with Gasteiger partial charge in [0.1, 0.15) is 21.2 Å². The third kappa shape index (κ3) is 6.13. The second kappa shape index (κ2) is 6.93. The van der Waals surface area contributed by atoms with Gasteiger partial charge in [-0.1, -0.05) is 0 Å². The zero-order valence-electron chi connectivity index (χ0n) is 11.3. The maximum atomic E-state index is 11.5. The van der Waals surface area contributed by atoms with Crippen molar-refractivity contribution >= 4 is 27.5 Å². The summed E-state index contributed by atoms with van der Waals surface area (Å²) in [7, 11) is -3.07. The summed E-state index contributed by atoms with van der Waals surface area (Å²) in [6.45, 7) is 0.169. The quantitative estimate of drug-likeness (QED) is 0.450. The van der Waals surface area contributed by atoms with Gasteiger partial charge in [-0.3, -0.25) is 0 Å². The Bertz CT molecular complexity index is 641. The molecule has 4 N–H and O–H groups in total. The highest BCUT2D eigenvalue weighted by Crippen LogP contribution is 2.21. The molecule has 8 nitrogen and oxygen atoms in total. The number of benzene rings is 1. The van der Waals surface area contributed by atoms with Crippen molar-refractivity contribution in [3.05, 3.63) is 23.8 Å². The molecule has 0 aliphatic rings. The number of aromatic carboxylic acids is 1. The summed E-state index contributed by atoms with van der Waals surface area (Å²) in [4.78, 5) is 22.3. The molecule has 0 bridgehead atoms. The lowest BCUT2D eigenvalue weighted by Crippen LogP contribution is -2.30. The van der Waals surface area contributed by atoms with E-state index >= 15 is 0 Å². The summed E-state index contributed by atoms with van der Waals surface area (Å²) in [5.74, 6) is -1.75. The van der Waals surface area contributed by atoms with Gasteiger partial charge in [0, 0.05) is 18.5 Å². The Morgan fingerprint density at radius 2 is 1.95 bits per heavy atom. The van der Waals surface area contributed by atoms with Crippen LogP contribution in [0.4, 0.5) is 10.5 Å². The Labute approximate surface area is 121 Å². The predicted molar refractivity (Wildman–Crippen MR) is 76.4 cm³/mol. The molecule has 0 saturated carbocycles. The number of phenols is 1. The molecule has 0 aromatic heterocycles. The molecule has 0 heterocycles. The van der Waals surface area contributed by atoms with Gasteiger partial charge in [0.15, 0.2) is 0 Å². The average molecular weight is 316 g/mol. The second-order valence-corrected chi connectivity index (χ2v) is 6.66. The van der Waals surface area contributed by atoms with E-state index < -0.39 is 27.6 Å². The van der Waals surface area contributed by atoms with Gasteiger partial charge in [0.2, 0.25) is 0 Å². The van der Waals surface area contributed by atoms with Gasteiger partial charge >= 0.3 is 12.0 Å². The molecule has 2 amide bonds. The molecule has 1 aromatic carbocycles. The standard InChI is InChI=1S/C12H16N2O6S/c1-21(19,20)6-2-5-13-12(18)14-8-3-4-10(15)9(7-8)11(16)17/h3-4,7,15H,2,5-6H2,1H3,(H,16,17)(H2,13,14,18). The van der Waals surface area contributed by atoms with Crippen molar-refractivity contribution in [1.29, 1.82) is 0 Å². The first kappa shape index (κ1) is 16.8. The minimum atomic E-state index is -3.07. The highest BCUT2D eigenvalue weighted by atomic mass is 32.2. The van der Waals surface area contributed by atoms with E-state index in [0.717, 1.165) is 18.4 Å². The molecule has 0 aliphatic carbocycles. The number of sulfone groups is 1. The van der Waals surface area contributed by atoms with E-state index in [0.29, 0.717) is 0 Å². The Hall–Kier alpha value is -2.29. The number of nitrogens with one attached hydrogen (secondary N) is 2. The van der Waals surface area contributed by atoms with E-state index in [1.54, 1.807) is 0 Å². The third-order valence-electron chi connectivity index (χ3n) is 2.46. The molecule has 1 rings (SSSR count). The van der Waals surface area contributed by atoms with Crippen molar-refractivity contribution < 1.29 is 28.2 Å². The molecule has 0 fully saturated rings. The summed E-state index contributed by atoms with van der Waals surface area (Å²) in [5.41, 5.74) is -0.129. The summed E-state index contributed by atoms with van der Waals surface area (Å²) in [6, 6.07) is 3.03. The number of urea groups is 1. The number of anilines is 1. The third-order valence-corrected chi connectivity index (χ3v) is 3.49. The van der Waals surface area contributed by atoms with Crippen LogP contribution in [0.25, 0.3) is 0 Å². The van der Waals surface area contributed by atoms with E-state index in [1.807, 2.05) is 0 Å². The van der Waals surface area contributed by atoms with Gasteiger partial charge in [-0.25, -0.2) is 18.0 Å². The van der Waals surface area contributed by atoms with Crippen molar-refractivity contribution in [3.8, 4) is 5.75 Å². The summed E-state index contributed by atoms with van der Waals surface area (Å²) in [6.07, 6.45) is 1.39. The molecule has 0 radical (unpaired) electrons. The van der Waals surface area contributed by atoms with Crippen LogP contribution in [0.1, 0.15) is 16.8 Å². The number of amides is 2. The maximum Gasteiger partial charge on any atom is 0.339 e. The molecule has 21 heavy (non-hydrogen) atoms. The number of hydrogen-bond acceptors (Lipinski definition) is 5. The first-order valence-electron chi connectivity index (χ1n) is 5.98. The SMILES string of the molecule is CS(=O)(=O)CCCNC(=O)Nc1ccc(O)c(C(=O)O)c1. The number of carbonyl (C=O) groups excluding carboxylic acids is 1. The van der Waals surface area contributed by atoms with Crippen LogP contribution in [0, 0.1) is 0 Å².